The van der Waals surface area contributed by atoms with Crippen LogP contribution in [0.5, 0.6) is 0 Å². The number of likely N-dealkylation sites (tertiary alicyclic amines) is 1. The maximum Gasteiger partial charge on any atom is 0.338 e. The molecule has 0 spiro atoms. The molecular formula is C18H23FN2O5. The predicted molar refractivity (Wildman–Crippen MR) is 92.6 cm³/mol. The van der Waals surface area contributed by atoms with Crippen molar-refractivity contribution < 1.29 is 28.6 Å². The normalized spacial score (nSPS) is 19.8. The average molecular weight is 366 g/mol. The molecule has 7 nitrogen and oxygen atoms in total. The molecule has 2 amide bonds. The molecule has 1 aliphatic heterocycles. The highest BCUT2D eigenvalue weighted by molar-refractivity contribution is 5.95. The van der Waals surface area contributed by atoms with Crippen molar-refractivity contribution in [3.05, 3.63) is 29.1 Å². The quantitative estimate of drug-likeness (QED) is 0.799. The number of carboxylic acids is 1. The number of hydrogen-bond acceptors (Lipinski definition) is 4. The van der Waals surface area contributed by atoms with Crippen molar-refractivity contribution in [1.82, 2.24) is 4.90 Å². The van der Waals surface area contributed by atoms with E-state index in [0.29, 0.717) is 18.5 Å². The Balaban J connectivity index is 2.19. The van der Waals surface area contributed by atoms with Crippen LogP contribution in [0.25, 0.3) is 0 Å². The van der Waals surface area contributed by atoms with Gasteiger partial charge in [-0.25, -0.2) is 14.0 Å². The molecule has 1 saturated heterocycles. The second kappa shape index (κ2) is 8.16. The molecule has 0 radical (unpaired) electrons. The van der Waals surface area contributed by atoms with E-state index < -0.39 is 29.7 Å². The summed E-state index contributed by atoms with van der Waals surface area (Å²) in [7, 11) is 0. The lowest BCUT2D eigenvalue weighted by molar-refractivity contribution is -0.143. The standard InChI is InChI=1S/C18H23FN2O5/c1-4-26-17(24)13-7-15(14(19)6-11(13)3)20-18(25)21-8-10(2)5-12(9-21)16(22)23/h6-7,10,12H,4-5,8-9H2,1-3H3,(H,20,25)(H,22,23). The highest BCUT2D eigenvalue weighted by Crippen LogP contribution is 2.25. The van der Waals surface area contributed by atoms with Crippen LogP contribution in [0.2, 0.25) is 0 Å². The number of ether oxygens (including phenoxy) is 1. The number of urea groups is 1. The Morgan fingerprint density at radius 1 is 1.35 bits per heavy atom. The summed E-state index contributed by atoms with van der Waals surface area (Å²) in [6.45, 7) is 5.72. The zero-order valence-corrected chi connectivity index (χ0v) is 15.0. The van der Waals surface area contributed by atoms with Gasteiger partial charge in [0.25, 0.3) is 0 Å². The van der Waals surface area contributed by atoms with E-state index in [1.165, 1.54) is 11.0 Å². The number of esters is 1. The average Bonchev–Trinajstić information content (AvgIpc) is 2.56. The van der Waals surface area contributed by atoms with Crippen LogP contribution >= 0.6 is 0 Å². The summed E-state index contributed by atoms with van der Waals surface area (Å²) in [4.78, 5) is 37.0. The molecule has 2 N–H and O–H groups in total. The molecule has 2 rings (SSSR count). The van der Waals surface area contributed by atoms with Gasteiger partial charge in [0.2, 0.25) is 0 Å². The minimum absolute atomic E-state index is 0.0218. The highest BCUT2D eigenvalue weighted by Gasteiger charge is 2.32. The number of carbonyl (C=O) groups excluding carboxylic acids is 2. The lowest BCUT2D eigenvalue weighted by atomic mass is 9.91. The van der Waals surface area contributed by atoms with Crippen LogP contribution < -0.4 is 5.32 Å². The second-order valence-electron chi connectivity index (χ2n) is 6.58. The number of benzene rings is 1. The lowest BCUT2D eigenvalue weighted by Gasteiger charge is -2.34. The fraction of sp³-hybridized carbons (Fsp3) is 0.500. The number of aryl methyl sites for hydroxylation is 1. The van der Waals surface area contributed by atoms with Crippen LogP contribution in [0.1, 0.15) is 36.2 Å². The first-order chi connectivity index (χ1) is 12.2. The Morgan fingerprint density at radius 3 is 2.65 bits per heavy atom. The van der Waals surface area contributed by atoms with Gasteiger partial charge in [-0.1, -0.05) is 6.92 Å². The molecule has 1 aliphatic rings. The molecule has 0 aromatic heterocycles. The first-order valence-electron chi connectivity index (χ1n) is 8.48. The third kappa shape index (κ3) is 4.50. The maximum absolute atomic E-state index is 14.2. The summed E-state index contributed by atoms with van der Waals surface area (Å²) in [6, 6.07) is 1.80. The maximum atomic E-state index is 14.2. The Hall–Kier alpha value is -2.64. The number of anilines is 1. The summed E-state index contributed by atoms with van der Waals surface area (Å²) < 4.78 is 19.1. The molecule has 1 aromatic carbocycles. The molecule has 142 valence electrons. The smallest absolute Gasteiger partial charge is 0.338 e. The number of halogens is 1. The summed E-state index contributed by atoms with van der Waals surface area (Å²) in [5.74, 6) is -2.86. The van der Waals surface area contributed by atoms with Crippen molar-refractivity contribution in [3.63, 3.8) is 0 Å². The molecule has 0 bridgehead atoms. The van der Waals surface area contributed by atoms with Gasteiger partial charge in [-0.05, 0) is 43.9 Å². The summed E-state index contributed by atoms with van der Waals surface area (Å²) in [6.07, 6.45) is 0.491. The van der Waals surface area contributed by atoms with E-state index in [1.807, 2.05) is 6.92 Å². The van der Waals surface area contributed by atoms with Gasteiger partial charge in [0.15, 0.2) is 0 Å². The topological polar surface area (TPSA) is 95.9 Å². The SMILES string of the molecule is CCOC(=O)c1cc(NC(=O)N2CC(C)CC(C(=O)O)C2)c(F)cc1C. The molecule has 0 saturated carbocycles. The van der Waals surface area contributed by atoms with Crippen molar-refractivity contribution in [1.29, 1.82) is 0 Å². The van der Waals surface area contributed by atoms with Crippen molar-refractivity contribution >= 4 is 23.7 Å². The number of nitrogens with zero attached hydrogens (tertiary/aromatic N) is 1. The van der Waals surface area contributed by atoms with E-state index in [1.54, 1.807) is 13.8 Å². The molecule has 8 heteroatoms. The van der Waals surface area contributed by atoms with E-state index >= 15 is 0 Å². The summed E-state index contributed by atoms with van der Waals surface area (Å²) >= 11 is 0. The molecule has 2 atom stereocenters. The van der Waals surface area contributed by atoms with Crippen LogP contribution in [0.15, 0.2) is 12.1 Å². The van der Waals surface area contributed by atoms with Gasteiger partial charge in [0, 0.05) is 13.1 Å². The number of aliphatic carboxylic acids is 1. The monoisotopic (exact) mass is 366 g/mol. The number of rotatable bonds is 4. The fourth-order valence-corrected chi connectivity index (χ4v) is 3.09. The molecule has 1 fully saturated rings. The van der Waals surface area contributed by atoms with Crippen molar-refractivity contribution in [2.24, 2.45) is 11.8 Å². The van der Waals surface area contributed by atoms with E-state index in [2.05, 4.69) is 5.32 Å². The first kappa shape index (κ1) is 19.7. The number of piperidine rings is 1. The van der Waals surface area contributed by atoms with Crippen molar-refractivity contribution in [2.75, 3.05) is 25.0 Å². The second-order valence-corrected chi connectivity index (χ2v) is 6.58. The molecule has 1 aromatic rings. The number of nitrogens with one attached hydrogen (secondary N) is 1. The number of carbonyl (C=O) groups is 3. The van der Waals surface area contributed by atoms with E-state index in [-0.39, 0.29) is 30.3 Å². The van der Waals surface area contributed by atoms with Crippen LogP contribution in [0, 0.1) is 24.6 Å². The number of hydrogen-bond donors (Lipinski definition) is 2. The molecule has 2 unspecified atom stereocenters. The molecule has 0 aliphatic carbocycles. The van der Waals surface area contributed by atoms with Gasteiger partial charge in [-0.3, -0.25) is 4.79 Å². The van der Waals surface area contributed by atoms with E-state index in [0.717, 1.165) is 6.07 Å². The van der Waals surface area contributed by atoms with Gasteiger partial charge in [-0.15, -0.1) is 0 Å². The lowest BCUT2D eigenvalue weighted by Crippen LogP contribution is -2.47. The van der Waals surface area contributed by atoms with Crippen molar-refractivity contribution in [2.45, 2.75) is 27.2 Å². The zero-order valence-electron chi connectivity index (χ0n) is 15.0. The van der Waals surface area contributed by atoms with Crippen LogP contribution in [0.4, 0.5) is 14.9 Å². The van der Waals surface area contributed by atoms with Gasteiger partial charge >= 0.3 is 18.0 Å². The van der Waals surface area contributed by atoms with Gasteiger partial charge in [-0.2, -0.15) is 0 Å². The van der Waals surface area contributed by atoms with Gasteiger partial charge in [0.1, 0.15) is 5.82 Å². The number of carboxylic acid groups (broad SMARTS) is 1. The van der Waals surface area contributed by atoms with Gasteiger partial charge in [0.05, 0.1) is 23.8 Å². The summed E-state index contributed by atoms with van der Waals surface area (Å²) in [5, 5.41) is 11.6. The van der Waals surface area contributed by atoms with Gasteiger partial charge < -0.3 is 20.1 Å². The minimum atomic E-state index is -0.958. The Kier molecular flexibility index (Phi) is 6.18. The predicted octanol–water partition coefficient (Wildman–Crippen LogP) is 2.89. The summed E-state index contributed by atoms with van der Waals surface area (Å²) in [5.41, 5.74) is 0.421. The van der Waals surface area contributed by atoms with Crippen LogP contribution in [-0.2, 0) is 9.53 Å². The largest absolute Gasteiger partial charge is 0.481 e. The van der Waals surface area contributed by atoms with E-state index in [4.69, 9.17) is 4.74 Å². The van der Waals surface area contributed by atoms with Crippen LogP contribution in [0.3, 0.4) is 0 Å². The molecule has 1 heterocycles. The fourth-order valence-electron chi connectivity index (χ4n) is 3.09. The third-order valence-electron chi connectivity index (χ3n) is 4.35. The molecule has 26 heavy (non-hydrogen) atoms. The minimum Gasteiger partial charge on any atom is -0.481 e. The Labute approximate surface area is 151 Å². The number of amides is 2. The Bertz CT molecular complexity index is 722. The highest BCUT2D eigenvalue weighted by atomic mass is 19.1. The van der Waals surface area contributed by atoms with Crippen LogP contribution in [-0.4, -0.2) is 47.7 Å². The van der Waals surface area contributed by atoms with E-state index in [9.17, 15) is 23.9 Å². The first-order valence-corrected chi connectivity index (χ1v) is 8.48. The van der Waals surface area contributed by atoms with Crippen molar-refractivity contribution in [3.8, 4) is 0 Å². The zero-order chi connectivity index (χ0) is 19.4. The Morgan fingerprint density at radius 2 is 2.04 bits per heavy atom. The third-order valence-corrected chi connectivity index (χ3v) is 4.35. The molecular weight excluding hydrogens is 343 g/mol.